The van der Waals surface area contributed by atoms with E-state index in [-0.39, 0.29) is 12.5 Å². The fourth-order valence-electron chi connectivity index (χ4n) is 2.71. The number of anilines is 1. The summed E-state index contributed by atoms with van der Waals surface area (Å²) in [5, 5.41) is 12.1. The molecule has 1 aromatic heterocycles. The summed E-state index contributed by atoms with van der Waals surface area (Å²) in [5.74, 6) is -0.0197. The molecule has 0 saturated carbocycles. The lowest BCUT2D eigenvalue weighted by molar-refractivity contribution is -0.125. The topological polar surface area (TPSA) is 124 Å². The number of carbonyl (C=O) groups excluding carboxylic acids is 2. The molecule has 156 valence electrons. The van der Waals surface area contributed by atoms with Crippen molar-refractivity contribution in [2.75, 3.05) is 37.8 Å². The average Bonchev–Trinajstić information content (AvgIpc) is 3.26. The van der Waals surface area contributed by atoms with Crippen LogP contribution in [0.2, 0.25) is 0 Å². The number of benzene rings is 1. The number of nitrogens with zero attached hydrogens (tertiary/aromatic N) is 5. The van der Waals surface area contributed by atoms with Crippen molar-refractivity contribution >= 4 is 17.9 Å². The number of tetrazole rings is 1. The Morgan fingerprint density at radius 2 is 1.90 bits per heavy atom. The van der Waals surface area contributed by atoms with E-state index >= 15 is 0 Å². The molecule has 2 aromatic rings. The molecule has 29 heavy (non-hydrogen) atoms. The molecule has 0 spiro atoms. The Balaban J connectivity index is 1.42. The van der Waals surface area contributed by atoms with Crippen molar-refractivity contribution in [1.29, 1.82) is 0 Å². The number of aromatic nitrogens is 4. The van der Waals surface area contributed by atoms with Crippen LogP contribution in [-0.2, 0) is 14.3 Å². The second-order valence-electron chi connectivity index (χ2n) is 6.71. The van der Waals surface area contributed by atoms with Crippen molar-refractivity contribution in [3.8, 4) is 0 Å². The fourth-order valence-corrected chi connectivity index (χ4v) is 2.71. The molecular weight excluding hydrogens is 378 g/mol. The van der Waals surface area contributed by atoms with Gasteiger partial charge in [-0.25, -0.2) is 10.2 Å². The van der Waals surface area contributed by atoms with Gasteiger partial charge in [-0.05, 0) is 17.7 Å². The highest BCUT2D eigenvalue weighted by Gasteiger charge is 2.22. The lowest BCUT2D eigenvalue weighted by atomic mass is 10.0. The van der Waals surface area contributed by atoms with E-state index in [2.05, 4.69) is 26.3 Å². The van der Waals surface area contributed by atoms with E-state index in [0.717, 1.165) is 5.56 Å². The van der Waals surface area contributed by atoms with E-state index in [1.165, 1.54) is 4.80 Å². The summed E-state index contributed by atoms with van der Waals surface area (Å²) in [7, 11) is 0. The molecule has 1 aliphatic rings. The Kier molecular flexibility index (Phi) is 6.95. The molecule has 0 aliphatic carbocycles. The van der Waals surface area contributed by atoms with Gasteiger partial charge in [-0.2, -0.15) is 0 Å². The van der Waals surface area contributed by atoms with Crippen LogP contribution in [0.1, 0.15) is 31.4 Å². The molecule has 2 amide bonds. The first-order valence-electron chi connectivity index (χ1n) is 9.44. The SMILES string of the molecule is CC(COC(=O)NNC(=O)C(C)n1nnc(N2CCOCC2)n1)c1ccccc1. The number of hydrogen-bond acceptors (Lipinski definition) is 8. The Hall–Kier alpha value is -3.21. The molecule has 1 aromatic carbocycles. The highest BCUT2D eigenvalue weighted by Crippen LogP contribution is 2.14. The predicted molar refractivity (Wildman–Crippen MR) is 103 cm³/mol. The van der Waals surface area contributed by atoms with E-state index < -0.39 is 18.0 Å². The Labute approximate surface area is 168 Å². The van der Waals surface area contributed by atoms with E-state index in [1.807, 2.05) is 42.2 Å². The van der Waals surface area contributed by atoms with E-state index in [1.54, 1.807) is 6.92 Å². The van der Waals surface area contributed by atoms with Gasteiger partial charge in [0.05, 0.1) is 19.8 Å². The Morgan fingerprint density at radius 1 is 1.17 bits per heavy atom. The monoisotopic (exact) mass is 403 g/mol. The lowest BCUT2D eigenvalue weighted by Gasteiger charge is -2.24. The second kappa shape index (κ2) is 9.82. The molecule has 1 aliphatic heterocycles. The lowest BCUT2D eigenvalue weighted by Crippen LogP contribution is -2.45. The standard InChI is InChI=1S/C18H25N7O4/c1-13(15-6-4-3-5-7-15)12-29-18(27)21-19-16(26)14(2)25-22-17(20-23-25)24-8-10-28-11-9-24/h3-7,13-14H,8-12H2,1-2H3,(H,19,26)(H,21,27). The second-order valence-corrected chi connectivity index (χ2v) is 6.71. The maximum atomic E-state index is 12.2. The average molecular weight is 403 g/mol. The minimum absolute atomic E-state index is 0.0366. The highest BCUT2D eigenvalue weighted by atomic mass is 16.6. The van der Waals surface area contributed by atoms with Gasteiger partial charge in [0, 0.05) is 19.0 Å². The van der Waals surface area contributed by atoms with Crippen molar-refractivity contribution in [2.24, 2.45) is 0 Å². The number of rotatable bonds is 6. The number of carbonyl (C=O) groups is 2. The zero-order valence-electron chi connectivity index (χ0n) is 16.4. The van der Waals surface area contributed by atoms with Crippen LogP contribution in [0.25, 0.3) is 0 Å². The molecule has 2 unspecified atom stereocenters. The third-order valence-corrected chi connectivity index (χ3v) is 4.56. The molecule has 2 heterocycles. The molecule has 3 rings (SSSR count). The van der Waals surface area contributed by atoms with Crippen LogP contribution in [-0.4, -0.2) is 65.1 Å². The summed E-state index contributed by atoms with van der Waals surface area (Å²) < 4.78 is 10.4. The van der Waals surface area contributed by atoms with Crippen LogP contribution in [0.4, 0.5) is 10.7 Å². The predicted octanol–water partition coefficient (Wildman–Crippen LogP) is 0.632. The van der Waals surface area contributed by atoms with E-state index in [9.17, 15) is 9.59 Å². The minimum atomic E-state index is -0.763. The summed E-state index contributed by atoms with van der Waals surface area (Å²) >= 11 is 0. The van der Waals surface area contributed by atoms with Crippen LogP contribution >= 0.6 is 0 Å². The molecular formula is C18H25N7O4. The summed E-state index contributed by atoms with van der Waals surface area (Å²) in [6.07, 6.45) is -0.742. The van der Waals surface area contributed by atoms with Crippen LogP contribution in [0, 0.1) is 0 Å². The molecule has 2 atom stereocenters. The minimum Gasteiger partial charge on any atom is -0.448 e. The van der Waals surface area contributed by atoms with Crippen LogP contribution in [0.5, 0.6) is 0 Å². The summed E-state index contributed by atoms with van der Waals surface area (Å²) in [6, 6.07) is 8.94. The Morgan fingerprint density at radius 3 is 2.62 bits per heavy atom. The van der Waals surface area contributed by atoms with Crippen molar-refractivity contribution in [3.63, 3.8) is 0 Å². The summed E-state index contributed by atoms with van der Waals surface area (Å²) in [5.41, 5.74) is 5.60. The van der Waals surface area contributed by atoms with Crippen molar-refractivity contribution < 1.29 is 19.1 Å². The zero-order chi connectivity index (χ0) is 20.6. The van der Waals surface area contributed by atoms with Gasteiger partial charge in [-0.1, -0.05) is 42.4 Å². The first-order valence-corrected chi connectivity index (χ1v) is 9.44. The van der Waals surface area contributed by atoms with Crippen LogP contribution in [0.3, 0.4) is 0 Å². The molecule has 11 heteroatoms. The van der Waals surface area contributed by atoms with Gasteiger partial charge >= 0.3 is 6.09 Å². The highest BCUT2D eigenvalue weighted by molar-refractivity contribution is 5.81. The summed E-state index contributed by atoms with van der Waals surface area (Å²) in [4.78, 5) is 27.2. The normalized spacial score (nSPS) is 16.0. The zero-order valence-corrected chi connectivity index (χ0v) is 16.4. The first kappa shape index (κ1) is 20.5. The number of morpholine rings is 1. The van der Waals surface area contributed by atoms with Crippen LogP contribution < -0.4 is 15.8 Å². The maximum Gasteiger partial charge on any atom is 0.426 e. The van der Waals surface area contributed by atoms with Gasteiger partial charge in [0.2, 0.25) is 0 Å². The van der Waals surface area contributed by atoms with Gasteiger partial charge in [-0.3, -0.25) is 10.2 Å². The largest absolute Gasteiger partial charge is 0.448 e. The number of amides is 2. The van der Waals surface area contributed by atoms with Gasteiger partial charge in [0.1, 0.15) is 0 Å². The number of hydrazine groups is 1. The van der Waals surface area contributed by atoms with Crippen molar-refractivity contribution in [1.82, 2.24) is 31.1 Å². The summed E-state index contributed by atoms with van der Waals surface area (Å²) in [6.45, 7) is 6.27. The quantitative estimate of drug-likeness (QED) is 0.673. The van der Waals surface area contributed by atoms with Gasteiger partial charge in [0.15, 0.2) is 6.04 Å². The third-order valence-electron chi connectivity index (χ3n) is 4.56. The van der Waals surface area contributed by atoms with Crippen molar-refractivity contribution in [3.05, 3.63) is 35.9 Å². The number of hydrogen-bond donors (Lipinski definition) is 2. The number of ether oxygens (including phenoxy) is 2. The maximum absolute atomic E-state index is 12.2. The van der Waals surface area contributed by atoms with Gasteiger partial charge < -0.3 is 14.4 Å². The molecule has 0 bridgehead atoms. The smallest absolute Gasteiger partial charge is 0.426 e. The molecule has 11 nitrogen and oxygen atoms in total. The first-order chi connectivity index (χ1) is 14.0. The molecule has 1 fully saturated rings. The van der Waals surface area contributed by atoms with Gasteiger partial charge in [-0.15, -0.1) is 9.90 Å². The van der Waals surface area contributed by atoms with Crippen molar-refractivity contribution in [2.45, 2.75) is 25.8 Å². The third kappa shape index (κ3) is 5.64. The number of nitrogens with one attached hydrogen (secondary N) is 2. The van der Waals surface area contributed by atoms with Crippen LogP contribution in [0.15, 0.2) is 30.3 Å². The van der Waals surface area contributed by atoms with E-state index in [0.29, 0.717) is 32.3 Å². The Bertz CT molecular complexity index is 808. The fraction of sp³-hybridized carbons (Fsp3) is 0.500. The molecule has 1 saturated heterocycles. The molecule has 2 N–H and O–H groups in total. The van der Waals surface area contributed by atoms with Gasteiger partial charge in [0.25, 0.3) is 11.9 Å². The molecule has 0 radical (unpaired) electrons. The van der Waals surface area contributed by atoms with E-state index in [4.69, 9.17) is 9.47 Å².